The van der Waals surface area contributed by atoms with E-state index in [-0.39, 0.29) is 18.6 Å². The molecule has 2 aliphatic heterocycles. The molecule has 1 fully saturated rings. The maximum Gasteiger partial charge on any atom is 0.259 e. The highest BCUT2D eigenvalue weighted by molar-refractivity contribution is 7.13. The summed E-state index contributed by atoms with van der Waals surface area (Å²) in [4.78, 5) is 19.8. The molecule has 0 N–H and O–H groups in total. The molecule has 0 aliphatic carbocycles. The average Bonchev–Trinajstić information content (AvgIpc) is 3.48. The van der Waals surface area contributed by atoms with E-state index in [4.69, 9.17) is 13.9 Å². The van der Waals surface area contributed by atoms with Gasteiger partial charge in [0.25, 0.3) is 5.89 Å². The van der Waals surface area contributed by atoms with E-state index in [9.17, 15) is 4.79 Å². The molecule has 0 unspecified atom stereocenters. The highest BCUT2D eigenvalue weighted by Crippen LogP contribution is 2.34. The van der Waals surface area contributed by atoms with Crippen molar-refractivity contribution in [3.8, 4) is 22.3 Å². The number of nitrogens with zero attached hydrogens (tertiary/aromatic N) is 4. The fourth-order valence-corrected chi connectivity index (χ4v) is 4.43. The van der Waals surface area contributed by atoms with Crippen LogP contribution in [0.2, 0.25) is 0 Å². The number of fused-ring (bicyclic) bond motifs is 1. The summed E-state index contributed by atoms with van der Waals surface area (Å²) in [7, 11) is 0. The molecule has 0 atom stereocenters. The smallest absolute Gasteiger partial charge is 0.259 e. The lowest BCUT2D eigenvalue weighted by molar-refractivity contribution is -0.131. The van der Waals surface area contributed by atoms with E-state index in [2.05, 4.69) is 15.2 Å². The first-order chi connectivity index (χ1) is 14.2. The SMILES string of the molecule is Cc1ncsc1-c1nnc(C2CCN(C(=O)Cc3ccc4c(c3)OCO4)CC2)o1. The maximum absolute atomic E-state index is 12.7. The van der Waals surface area contributed by atoms with Crippen LogP contribution < -0.4 is 9.47 Å². The van der Waals surface area contributed by atoms with E-state index >= 15 is 0 Å². The summed E-state index contributed by atoms with van der Waals surface area (Å²) in [5.41, 5.74) is 3.61. The number of aromatic nitrogens is 3. The Balaban J connectivity index is 1.19. The number of hydrogen-bond acceptors (Lipinski definition) is 8. The van der Waals surface area contributed by atoms with Gasteiger partial charge < -0.3 is 18.8 Å². The van der Waals surface area contributed by atoms with Crippen molar-refractivity contribution in [3.05, 3.63) is 40.9 Å². The Kier molecular flexibility index (Phi) is 4.67. The third-order valence-electron chi connectivity index (χ3n) is 5.37. The van der Waals surface area contributed by atoms with Crippen LogP contribution in [0.4, 0.5) is 0 Å². The van der Waals surface area contributed by atoms with Gasteiger partial charge in [0.15, 0.2) is 11.5 Å². The Labute approximate surface area is 171 Å². The Morgan fingerprint density at radius 3 is 2.83 bits per heavy atom. The van der Waals surface area contributed by atoms with Crippen LogP contribution in [0.5, 0.6) is 11.5 Å². The number of thiazole rings is 1. The van der Waals surface area contributed by atoms with E-state index in [0.29, 0.717) is 37.0 Å². The number of carbonyl (C=O) groups is 1. The van der Waals surface area contributed by atoms with Crippen molar-refractivity contribution in [2.75, 3.05) is 19.9 Å². The third-order valence-corrected chi connectivity index (χ3v) is 6.29. The molecular formula is C20H20N4O4S. The number of likely N-dealkylation sites (tertiary alicyclic amines) is 1. The number of rotatable bonds is 4. The number of benzene rings is 1. The molecule has 5 rings (SSSR count). The van der Waals surface area contributed by atoms with Gasteiger partial charge >= 0.3 is 0 Å². The summed E-state index contributed by atoms with van der Waals surface area (Å²) in [5, 5.41) is 8.43. The van der Waals surface area contributed by atoms with Crippen molar-refractivity contribution in [2.24, 2.45) is 0 Å². The van der Waals surface area contributed by atoms with Gasteiger partial charge in [-0.1, -0.05) is 6.07 Å². The standard InChI is InChI=1S/C20H20N4O4S/c1-12-18(29-10-21-12)20-23-22-19(28-20)14-4-6-24(7-5-14)17(25)9-13-2-3-15-16(8-13)27-11-26-15/h2-3,8,10,14H,4-7,9,11H2,1H3. The number of piperidine rings is 1. The number of aryl methyl sites for hydroxylation is 1. The minimum atomic E-state index is 0.119. The zero-order chi connectivity index (χ0) is 19.8. The van der Waals surface area contributed by atoms with Crippen LogP contribution in [0.1, 0.15) is 35.9 Å². The zero-order valence-corrected chi connectivity index (χ0v) is 16.8. The van der Waals surface area contributed by atoms with Gasteiger partial charge in [0.1, 0.15) is 4.88 Å². The van der Waals surface area contributed by atoms with Gasteiger partial charge in [-0.3, -0.25) is 4.79 Å². The molecule has 4 heterocycles. The van der Waals surface area contributed by atoms with Gasteiger partial charge in [-0.15, -0.1) is 21.5 Å². The molecule has 8 nitrogen and oxygen atoms in total. The summed E-state index contributed by atoms with van der Waals surface area (Å²) >= 11 is 1.50. The van der Waals surface area contributed by atoms with E-state index < -0.39 is 0 Å². The normalized spacial score (nSPS) is 16.4. The van der Waals surface area contributed by atoms with Crippen LogP contribution in [0.3, 0.4) is 0 Å². The number of ether oxygens (including phenoxy) is 2. The second-order valence-corrected chi connectivity index (χ2v) is 8.09. The molecule has 0 radical (unpaired) electrons. The first-order valence-corrected chi connectivity index (χ1v) is 10.5. The molecule has 2 aromatic heterocycles. The minimum absolute atomic E-state index is 0.119. The summed E-state index contributed by atoms with van der Waals surface area (Å²) in [5.74, 6) is 2.91. The molecule has 2 aliphatic rings. The van der Waals surface area contributed by atoms with Crippen molar-refractivity contribution in [1.82, 2.24) is 20.1 Å². The van der Waals surface area contributed by atoms with Gasteiger partial charge in [0, 0.05) is 19.0 Å². The summed E-state index contributed by atoms with van der Waals surface area (Å²) < 4.78 is 16.6. The monoisotopic (exact) mass is 412 g/mol. The number of carbonyl (C=O) groups excluding carboxylic acids is 1. The fourth-order valence-electron chi connectivity index (χ4n) is 3.71. The molecule has 9 heteroatoms. The predicted molar refractivity (Wildman–Crippen MR) is 105 cm³/mol. The topological polar surface area (TPSA) is 90.6 Å². The lowest BCUT2D eigenvalue weighted by Gasteiger charge is -2.30. The lowest BCUT2D eigenvalue weighted by Crippen LogP contribution is -2.38. The minimum Gasteiger partial charge on any atom is -0.454 e. The van der Waals surface area contributed by atoms with Crippen LogP contribution in [-0.4, -0.2) is 45.9 Å². The van der Waals surface area contributed by atoms with Crippen LogP contribution in [-0.2, 0) is 11.2 Å². The number of amides is 1. The van der Waals surface area contributed by atoms with Gasteiger partial charge in [0.05, 0.1) is 17.6 Å². The molecule has 1 saturated heterocycles. The first-order valence-electron chi connectivity index (χ1n) is 9.57. The predicted octanol–water partition coefficient (Wildman–Crippen LogP) is 3.18. The maximum atomic E-state index is 12.7. The van der Waals surface area contributed by atoms with Gasteiger partial charge in [-0.05, 0) is 37.5 Å². The fraction of sp³-hybridized carbons (Fsp3) is 0.400. The Morgan fingerprint density at radius 1 is 1.21 bits per heavy atom. The van der Waals surface area contributed by atoms with E-state index in [0.717, 1.165) is 34.7 Å². The molecule has 3 aromatic rings. The van der Waals surface area contributed by atoms with Gasteiger partial charge in [-0.2, -0.15) is 0 Å². The molecule has 1 aromatic carbocycles. The molecule has 150 valence electrons. The highest BCUT2D eigenvalue weighted by Gasteiger charge is 2.28. The Bertz CT molecular complexity index is 1040. The van der Waals surface area contributed by atoms with E-state index in [1.807, 2.05) is 30.0 Å². The molecule has 0 spiro atoms. The average molecular weight is 412 g/mol. The van der Waals surface area contributed by atoms with Crippen molar-refractivity contribution in [1.29, 1.82) is 0 Å². The van der Waals surface area contributed by atoms with Crippen molar-refractivity contribution < 1.29 is 18.7 Å². The summed E-state index contributed by atoms with van der Waals surface area (Å²) in [6, 6.07) is 5.66. The molecular weight excluding hydrogens is 392 g/mol. The summed E-state index contributed by atoms with van der Waals surface area (Å²) in [6.45, 7) is 3.54. The van der Waals surface area contributed by atoms with Crippen molar-refractivity contribution in [3.63, 3.8) is 0 Å². The summed E-state index contributed by atoms with van der Waals surface area (Å²) in [6.07, 6.45) is 1.99. The largest absolute Gasteiger partial charge is 0.454 e. The van der Waals surface area contributed by atoms with Gasteiger partial charge in [0.2, 0.25) is 18.6 Å². The zero-order valence-electron chi connectivity index (χ0n) is 16.0. The second kappa shape index (κ2) is 7.47. The molecule has 0 bridgehead atoms. The lowest BCUT2D eigenvalue weighted by atomic mass is 9.96. The van der Waals surface area contributed by atoms with Crippen LogP contribution in [0, 0.1) is 6.92 Å². The first kappa shape index (κ1) is 18.1. The van der Waals surface area contributed by atoms with Crippen molar-refractivity contribution >= 4 is 17.2 Å². The number of hydrogen-bond donors (Lipinski definition) is 0. The highest BCUT2D eigenvalue weighted by atomic mass is 32.1. The van der Waals surface area contributed by atoms with E-state index in [1.165, 1.54) is 11.3 Å². The van der Waals surface area contributed by atoms with Crippen LogP contribution >= 0.6 is 11.3 Å². The molecule has 29 heavy (non-hydrogen) atoms. The quantitative estimate of drug-likeness (QED) is 0.650. The Hall–Kier alpha value is -2.94. The van der Waals surface area contributed by atoms with E-state index in [1.54, 1.807) is 5.51 Å². The van der Waals surface area contributed by atoms with Crippen LogP contribution in [0.15, 0.2) is 28.1 Å². The Morgan fingerprint density at radius 2 is 2.03 bits per heavy atom. The van der Waals surface area contributed by atoms with Crippen molar-refractivity contribution in [2.45, 2.75) is 32.1 Å². The van der Waals surface area contributed by atoms with Gasteiger partial charge in [-0.25, -0.2) is 4.98 Å². The van der Waals surface area contributed by atoms with Crippen LogP contribution in [0.25, 0.3) is 10.8 Å². The second-order valence-electron chi connectivity index (χ2n) is 7.23. The molecule has 1 amide bonds. The molecule has 0 saturated carbocycles. The third kappa shape index (κ3) is 3.57.